The summed E-state index contributed by atoms with van der Waals surface area (Å²) in [5.41, 5.74) is 1.68. The summed E-state index contributed by atoms with van der Waals surface area (Å²) in [5.74, 6) is 0. The minimum atomic E-state index is -0.00617. The smallest absolute Gasteiger partial charge is 0.133 e. The first-order valence-electron chi connectivity index (χ1n) is 8.58. The molecule has 0 aliphatic carbocycles. The Balaban J connectivity index is 2.79. The maximum Gasteiger partial charge on any atom is 0.133 e. The molecule has 134 valence electrons. The second kappa shape index (κ2) is 11.2. The maximum absolute atomic E-state index is 9.53. The third-order valence-electron chi connectivity index (χ3n) is 4.36. The Morgan fingerprint density at radius 1 is 1.04 bits per heavy atom. The van der Waals surface area contributed by atoms with Crippen LogP contribution in [0.15, 0.2) is 22.4 Å². The topological polar surface area (TPSA) is 111 Å². The van der Waals surface area contributed by atoms with E-state index in [1.807, 2.05) is 26.1 Å². The highest BCUT2D eigenvalue weighted by Crippen LogP contribution is 2.26. The van der Waals surface area contributed by atoms with Crippen molar-refractivity contribution in [3.05, 3.63) is 22.4 Å². The molecule has 0 aromatic rings. The Hall–Kier alpha value is -2.37. The largest absolute Gasteiger partial charge is 0.358 e. The number of hydrogen-bond acceptors (Lipinski definition) is 7. The van der Waals surface area contributed by atoms with Crippen molar-refractivity contribution in [2.45, 2.75) is 32.9 Å². The van der Waals surface area contributed by atoms with Gasteiger partial charge in [0.2, 0.25) is 0 Å². The van der Waals surface area contributed by atoms with Gasteiger partial charge in [-0.2, -0.15) is 15.8 Å². The Bertz CT molecular complexity index is 611. The van der Waals surface area contributed by atoms with Gasteiger partial charge in [0.25, 0.3) is 0 Å². The van der Waals surface area contributed by atoms with Crippen molar-refractivity contribution in [3.63, 3.8) is 0 Å². The first-order valence-corrected chi connectivity index (χ1v) is 8.58. The van der Waals surface area contributed by atoms with E-state index in [1.165, 1.54) is 0 Å². The second-order valence-corrected chi connectivity index (χ2v) is 5.95. The van der Waals surface area contributed by atoms with Gasteiger partial charge in [0.15, 0.2) is 0 Å². The van der Waals surface area contributed by atoms with Gasteiger partial charge in [-0.15, -0.1) is 0 Å². The zero-order valence-electron chi connectivity index (χ0n) is 15.3. The number of likely N-dealkylation sites (tertiary alicyclic amines) is 1. The van der Waals surface area contributed by atoms with Crippen LogP contribution in [0.4, 0.5) is 0 Å². The van der Waals surface area contributed by atoms with Crippen LogP contribution in [0, 0.1) is 34.0 Å². The van der Waals surface area contributed by atoms with E-state index in [-0.39, 0.29) is 11.7 Å². The van der Waals surface area contributed by atoms with Crippen molar-refractivity contribution < 1.29 is 0 Å². The van der Waals surface area contributed by atoms with Gasteiger partial charge in [0, 0.05) is 38.4 Å². The third-order valence-corrected chi connectivity index (χ3v) is 4.36. The summed E-state index contributed by atoms with van der Waals surface area (Å²) < 4.78 is 0. The fourth-order valence-electron chi connectivity index (χ4n) is 2.94. The van der Waals surface area contributed by atoms with Crippen LogP contribution in [0.3, 0.4) is 0 Å². The molecular weight excluding hydrogens is 314 g/mol. The zero-order chi connectivity index (χ0) is 18.7. The second-order valence-electron chi connectivity index (χ2n) is 5.95. The van der Waals surface area contributed by atoms with E-state index in [4.69, 9.17) is 10.5 Å². The van der Waals surface area contributed by atoms with Gasteiger partial charge in [0.05, 0.1) is 11.7 Å². The molecule has 0 aromatic carbocycles. The fraction of sp³-hybridized carbons (Fsp3) is 0.611. The molecule has 0 spiro atoms. The van der Waals surface area contributed by atoms with Crippen LogP contribution in [-0.4, -0.2) is 50.8 Å². The van der Waals surface area contributed by atoms with Crippen molar-refractivity contribution in [1.29, 1.82) is 15.8 Å². The highest BCUT2D eigenvalue weighted by atomic mass is 15.3. The van der Waals surface area contributed by atoms with Crippen LogP contribution in [-0.2, 0) is 0 Å². The number of rotatable bonds is 9. The molecular formula is C18H27N7. The lowest BCUT2D eigenvalue weighted by molar-refractivity contribution is 0.273. The van der Waals surface area contributed by atoms with E-state index in [0.29, 0.717) is 11.1 Å². The standard InChI is InChI=1S/C18H27N7/c1-14(16(11-19)12-20)17(13-21)15(2)25-10-4-5-18(25)24-9-8-23-7-6-22-3/h18,22-24H,4-10H2,1-3H3/b17-15+. The monoisotopic (exact) mass is 341 g/mol. The molecule has 1 saturated heterocycles. The molecule has 1 unspecified atom stereocenters. The van der Waals surface area contributed by atoms with Crippen molar-refractivity contribution in [1.82, 2.24) is 20.9 Å². The van der Waals surface area contributed by atoms with Gasteiger partial charge in [-0.25, -0.2) is 0 Å². The SMILES string of the molecule is CNCCNCCNC1CCCN1/C(C)=C(\C#N)C(C)=C(C#N)C#N. The molecule has 1 aliphatic heterocycles. The van der Waals surface area contributed by atoms with Crippen LogP contribution in [0.2, 0.25) is 0 Å². The Kier molecular flexibility index (Phi) is 9.29. The number of hydrogen-bond donors (Lipinski definition) is 3. The Morgan fingerprint density at radius 3 is 2.32 bits per heavy atom. The van der Waals surface area contributed by atoms with Crippen LogP contribution in [0.5, 0.6) is 0 Å². The van der Waals surface area contributed by atoms with E-state index < -0.39 is 0 Å². The summed E-state index contributed by atoms with van der Waals surface area (Å²) in [6.07, 6.45) is 2.24. The molecule has 0 aromatic heterocycles. The highest BCUT2D eigenvalue weighted by Gasteiger charge is 2.26. The van der Waals surface area contributed by atoms with Crippen molar-refractivity contribution >= 4 is 0 Å². The third kappa shape index (κ3) is 5.89. The maximum atomic E-state index is 9.53. The number of nitrogens with one attached hydrogen (secondary N) is 3. The molecule has 1 aliphatic rings. The molecule has 1 heterocycles. The van der Waals surface area contributed by atoms with Crippen molar-refractivity contribution in [3.8, 4) is 18.2 Å². The highest BCUT2D eigenvalue weighted by molar-refractivity contribution is 5.54. The molecule has 25 heavy (non-hydrogen) atoms. The predicted molar refractivity (Wildman–Crippen MR) is 96.8 cm³/mol. The molecule has 7 heteroatoms. The summed E-state index contributed by atoms with van der Waals surface area (Å²) in [4.78, 5) is 2.17. The summed E-state index contributed by atoms with van der Waals surface area (Å²) in [6, 6.07) is 5.90. The Morgan fingerprint density at radius 2 is 1.72 bits per heavy atom. The van der Waals surface area contributed by atoms with Crippen molar-refractivity contribution in [2.24, 2.45) is 0 Å². The number of nitrogens with zero attached hydrogens (tertiary/aromatic N) is 4. The Labute approximate surface area is 150 Å². The molecule has 1 atom stereocenters. The number of allylic oxidation sites excluding steroid dienone is 4. The molecule has 3 N–H and O–H groups in total. The molecule has 0 saturated carbocycles. The summed E-state index contributed by atoms with van der Waals surface area (Å²) in [5, 5.41) is 37.6. The van der Waals surface area contributed by atoms with E-state index in [1.54, 1.807) is 6.92 Å². The minimum Gasteiger partial charge on any atom is -0.358 e. The molecule has 0 amide bonds. The summed E-state index contributed by atoms with van der Waals surface area (Å²) >= 11 is 0. The first kappa shape index (κ1) is 20.7. The predicted octanol–water partition coefficient (Wildman–Crippen LogP) is 0.968. The van der Waals surface area contributed by atoms with Crippen LogP contribution < -0.4 is 16.0 Å². The summed E-state index contributed by atoms with van der Waals surface area (Å²) in [7, 11) is 1.93. The van der Waals surface area contributed by atoms with Gasteiger partial charge in [-0.05, 0) is 39.3 Å². The molecule has 1 fully saturated rings. The average molecular weight is 341 g/mol. The molecule has 0 bridgehead atoms. The zero-order valence-corrected chi connectivity index (χ0v) is 15.3. The minimum absolute atomic E-state index is 0.00617. The normalized spacial score (nSPS) is 17.3. The lowest BCUT2D eigenvalue weighted by atomic mass is 10.0. The van der Waals surface area contributed by atoms with Gasteiger partial charge >= 0.3 is 0 Å². The fourth-order valence-corrected chi connectivity index (χ4v) is 2.94. The molecule has 0 radical (unpaired) electrons. The van der Waals surface area contributed by atoms with E-state index in [2.05, 4.69) is 26.9 Å². The van der Waals surface area contributed by atoms with Gasteiger partial charge < -0.3 is 15.5 Å². The summed E-state index contributed by atoms with van der Waals surface area (Å²) in [6.45, 7) is 8.01. The van der Waals surface area contributed by atoms with E-state index in [0.717, 1.165) is 51.3 Å². The van der Waals surface area contributed by atoms with Gasteiger partial charge in [0.1, 0.15) is 23.8 Å². The van der Waals surface area contributed by atoms with Crippen LogP contribution >= 0.6 is 0 Å². The lowest BCUT2D eigenvalue weighted by Gasteiger charge is -2.29. The molecule has 1 rings (SSSR count). The van der Waals surface area contributed by atoms with Crippen LogP contribution in [0.25, 0.3) is 0 Å². The quantitative estimate of drug-likeness (QED) is 0.325. The average Bonchev–Trinajstić information content (AvgIpc) is 3.08. The molecule has 7 nitrogen and oxygen atoms in total. The first-order chi connectivity index (χ1) is 12.1. The van der Waals surface area contributed by atoms with Gasteiger partial charge in [-0.1, -0.05) is 0 Å². The lowest BCUT2D eigenvalue weighted by Crippen LogP contribution is -2.43. The number of likely N-dealkylation sites (N-methyl/N-ethyl adjacent to an activating group) is 1. The van der Waals surface area contributed by atoms with E-state index in [9.17, 15) is 5.26 Å². The van der Waals surface area contributed by atoms with Gasteiger partial charge in [-0.3, -0.25) is 5.32 Å². The van der Waals surface area contributed by atoms with E-state index >= 15 is 0 Å². The van der Waals surface area contributed by atoms with Crippen LogP contribution in [0.1, 0.15) is 26.7 Å². The van der Waals surface area contributed by atoms with Crippen molar-refractivity contribution in [2.75, 3.05) is 39.8 Å². The number of nitriles is 3.